The Hall–Kier alpha value is -2.37. The number of hydrogen-bond donors (Lipinski definition) is 6. The average molecular weight is 1030 g/mol. The van der Waals surface area contributed by atoms with E-state index in [4.69, 9.17) is 9.47 Å². The fourth-order valence-corrected chi connectivity index (χ4v) is 9.52. The highest BCUT2D eigenvalue weighted by Gasteiger charge is 2.44. The lowest BCUT2D eigenvalue weighted by Gasteiger charge is -2.40. The lowest BCUT2D eigenvalue weighted by atomic mass is 9.99. The van der Waals surface area contributed by atoms with Crippen LogP contribution < -0.4 is 5.32 Å². The lowest BCUT2D eigenvalue weighted by Crippen LogP contribution is -2.60. The number of aliphatic hydroxyl groups is 5. The monoisotopic (exact) mass is 1030 g/mol. The molecule has 9 nitrogen and oxygen atoms in total. The number of amides is 1. The average Bonchev–Trinajstić information content (AvgIpc) is 3.39. The van der Waals surface area contributed by atoms with Crippen LogP contribution in [0.4, 0.5) is 0 Å². The molecule has 7 atom stereocenters. The molecule has 0 aromatic rings. The second-order valence-corrected chi connectivity index (χ2v) is 21.1. The maximum absolute atomic E-state index is 13.1. The smallest absolute Gasteiger partial charge is 0.220 e. The molecule has 1 saturated heterocycles. The van der Waals surface area contributed by atoms with Gasteiger partial charge in [-0.2, -0.15) is 0 Å². The summed E-state index contributed by atoms with van der Waals surface area (Å²) < 4.78 is 11.3. The third kappa shape index (κ3) is 42.4. The standard InChI is InChI=1S/C64H115NO8/c1-3-5-7-9-11-13-15-17-19-21-23-25-27-28-29-30-32-34-36-38-40-42-44-46-48-50-52-54-60(68)65-57(56-72-64-63(71)62(70)61(69)59(55-66)73-64)58(67)53-51-49-47-45-43-41-39-37-35-33-31-26-24-22-20-18-16-14-12-10-8-6-4-2/h5,7,11,13,17,19,23,25,28-29,32,34,57-59,61-64,66-67,69-71H,3-4,6,8-10,12,14-16,18,20-22,24,26-27,30-31,33,35-56H2,1-2H3,(H,65,68)/b7-5-,13-11-,19-17-,25-23-,29-28-,34-32-. The molecule has 1 heterocycles. The molecule has 0 saturated carbocycles. The van der Waals surface area contributed by atoms with Crippen molar-refractivity contribution in [1.82, 2.24) is 5.32 Å². The number of aliphatic hydroxyl groups excluding tert-OH is 5. The molecule has 1 rings (SSSR count). The predicted octanol–water partition coefficient (Wildman–Crippen LogP) is 15.6. The van der Waals surface area contributed by atoms with Gasteiger partial charge in [-0.15, -0.1) is 0 Å². The molecule has 0 spiro atoms. The second kappa shape index (κ2) is 53.0. The Balaban J connectivity index is 2.20. The summed E-state index contributed by atoms with van der Waals surface area (Å²) in [4.78, 5) is 13.1. The molecule has 0 bridgehead atoms. The van der Waals surface area contributed by atoms with E-state index in [9.17, 15) is 30.3 Å². The van der Waals surface area contributed by atoms with E-state index in [-0.39, 0.29) is 12.5 Å². The minimum Gasteiger partial charge on any atom is -0.394 e. The van der Waals surface area contributed by atoms with Crippen molar-refractivity contribution in [3.63, 3.8) is 0 Å². The van der Waals surface area contributed by atoms with Crippen LogP contribution in [-0.2, 0) is 14.3 Å². The molecule has 1 fully saturated rings. The van der Waals surface area contributed by atoms with Crippen LogP contribution in [0.1, 0.15) is 271 Å². The van der Waals surface area contributed by atoms with Crippen LogP contribution in [0.5, 0.6) is 0 Å². The van der Waals surface area contributed by atoms with E-state index in [1.807, 2.05) is 0 Å². The van der Waals surface area contributed by atoms with E-state index in [0.29, 0.717) is 12.8 Å². The maximum atomic E-state index is 13.1. The second-order valence-electron chi connectivity index (χ2n) is 21.1. The number of nitrogens with one attached hydrogen (secondary N) is 1. The summed E-state index contributed by atoms with van der Waals surface area (Å²) in [7, 11) is 0. The molecule has 0 radical (unpaired) electrons. The van der Waals surface area contributed by atoms with Gasteiger partial charge in [-0.25, -0.2) is 0 Å². The number of carbonyl (C=O) groups excluding carboxylic acids is 1. The molecule has 7 unspecified atom stereocenters. The van der Waals surface area contributed by atoms with Crippen LogP contribution in [0.25, 0.3) is 0 Å². The Morgan fingerprint density at radius 3 is 1.26 bits per heavy atom. The molecule has 9 heteroatoms. The zero-order chi connectivity index (χ0) is 52.9. The first-order chi connectivity index (χ1) is 35.8. The summed E-state index contributed by atoms with van der Waals surface area (Å²) in [5.74, 6) is -0.153. The molecule has 1 amide bonds. The van der Waals surface area contributed by atoms with Gasteiger partial charge in [-0.05, 0) is 64.2 Å². The Morgan fingerprint density at radius 1 is 0.479 bits per heavy atom. The van der Waals surface area contributed by atoms with Crippen molar-refractivity contribution in [1.29, 1.82) is 0 Å². The van der Waals surface area contributed by atoms with Crippen LogP contribution in [0.3, 0.4) is 0 Å². The van der Waals surface area contributed by atoms with Crippen molar-refractivity contribution in [2.75, 3.05) is 13.2 Å². The molecule has 0 aliphatic carbocycles. The molecule has 0 aromatic carbocycles. The van der Waals surface area contributed by atoms with Crippen molar-refractivity contribution in [2.24, 2.45) is 0 Å². The van der Waals surface area contributed by atoms with E-state index in [1.165, 1.54) is 154 Å². The molecule has 73 heavy (non-hydrogen) atoms. The van der Waals surface area contributed by atoms with Gasteiger partial charge in [0.1, 0.15) is 24.4 Å². The van der Waals surface area contributed by atoms with Gasteiger partial charge in [-0.3, -0.25) is 4.79 Å². The number of rotatable bonds is 52. The fraction of sp³-hybridized carbons (Fsp3) is 0.797. The number of ether oxygens (including phenoxy) is 2. The third-order valence-corrected chi connectivity index (χ3v) is 14.3. The summed E-state index contributed by atoms with van der Waals surface area (Å²) in [5, 5.41) is 54.8. The normalized spacial score (nSPS) is 19.6. The van der Waals surface area contributed by atoms with Crippen LogP contribution in [0, 0.1) is 0 Å². The van der Waals surface area contributed by atoms with E-state index < -0.39 is 49.5 Å². The lowest BCUT2D eigenvalue weighted by molar-refractivity contribution is -0.302. The Labute approximate surface area is 448 Å². The van der Waals surface area contributed by atoms with Gasteiger partial charge in [0.2, 0.25) is 5.91 Å². The molecular formula is C64H115NO8. The first kappa shape index (κ1) is 68.6. The van der Waals surface area contributed by atoms with Crippen LogP contribution in [0.2, 0.25) is 0 Å². The summed E-state index contributed by atoms with van der Waals surface area (Å²) in [6.45, 7) is 3.74. The minimum absolute atomic E-state index is 0.144. The zero-order valence-electron chi connectivity index (χ0n) is 47.1. The maximum Gasteiger partial charge on any atom is 0.220 e. The minimum atomic E-state index is -1.56. The SMILES string of the molecule is CC/C=C\C/C=C\C/C=C\C/C=C\C/C=C\C/C=C\CCCCCCCCCCC(=O)NC(COC1OC(CO)C(O)C(O)C1O)C(O)CCCCCCCCCCCCCCCCCCCCCCCCC. The van der Waals surface area contributed by atoms with E-state index in [2.05, 4.69) is 92.1 Å². The van der Waals surface area contributed by atoms with Crippen LogP contribution >= 0.6 is 0 Å². The Bertz CT molecular complexity index is 1380. The number of allylic oxidation sites excluding steroid dienone is 12. The zero-order valence-corrected chi connectivity index (χ0v) is 47.1. The van der Waals surface area contributed by atoms with Crippen molar-refractivity contribution < 1.29 is 39.8 Å². The highest BCUT2D eigenvalue weighted by molar-refractivity contribution is 5.76. The first-order valence-electron chi connectivity index (χ1n) is 30.6. The van der Waals surface area contributed by atoms with Gasteiger partial charge in [0.05, 0.1) is 25.4 Å². The quantitative estimate of drug-likeness (QED) is 0.0261. The summed E-state index contributed by atoms with van der Waals surface area (Å²) >= 11 is 0. The van der Waals surface area contributed by atoms with Crippen LogP contribution in [-0.4, -0.2) is 87.5 Å². The molecule has 1 aliphatic heterocycles. The van der Waals surface area contributed by atoms with Gasteiger partial charge >= 0.3 is 0 Å². The van der Waals surface area contributed by atoms with Gasteiger partial charge in [0.25, 0.3) is 0 Å². The van der Waals surface area contributed by atoms with Gasteiger partial charge in [-0.1, -0.05) is 273 Å². The molecule has 0 aromatic heterocycles. The molecular weight excluding hydrogens is 911 g/mol. The topological polar surface area (TPSA) is 149 Å². The van der Waals surface area contributed by atoms with Crippen molar-refractivity contribution in [2.45, 2.75) is 314 Å². The van der Waals surface area contributed by atoms with Crippen molar-refractivity contribution in [3.05, 3.63) is 72.9 Å². The largest absolute Gasteiger partial charge is 0.394 e. The molecule has 1 aliphatic rings. The third-order valence-electron chi connectivity index (χ3n) is 14.3. The molecule has 6 N–H and O–H groups in total. The highest BCUT2D eigenvalue weighted by atomic mass is 16.7. The van der Waals surface area contributed by atoms with Crippen molar-refractivity contribution >= 4 is 5.91 Å². The Kier molecular flexibility index (Phi) is 49.9. The van der Waals surface area contributed by atoms with Gasteiger partial charge < -0.3 is 40.3 Å². The fourth-order valence-electron chi connectivity index (χ4n) is 9.52. The van der Waals surface area contributed by atoms with E-state index in [0.717, 1.165) is 89.9 Å². The van der Waals surface area contributed by atoms with E-state index >= 15 is 0 Å². The Morgan fingerprint density at radius 2 is 0.849 bits per heavy atom. The predicted molar refractivity (Wildman–Crippen MR) is 309 cm³/mol. The summed E-state index contributed by atoms with van der Waals surface area (Å²) in [6.07, 6.45) is 66.4. The highest BCUT2D eigenvalue weighted by Crippen LogP contribution is 2.23. The van der Waals surface area contributed by atoms with Gasteiger partial charge in [0, 0.05) is 6.42 Å². The number of carbonyl (C=O) groups is 1. The van der Waals surface area contributed by atoms with Crippen LogP contribution in [0.15, 0.2) is 72.9 Å². The summed E-state index contributed by atoms with van der Waals surface area (Å²) in [5.41, 5.74) is 0. The summed E-state index contributed by atoms with van der Waals surface area (Å²) in [6, 6.07) is -0.729. The van der Waals surface area contributed by atoms with Gasteiger partial charge in [0.15, 0.2) is 6.29 Å². The first-order valence-corrected chi connectivity index (χ1v) is 30.6. The van der Waals surface area contributed by atoms with E-state index in [1.54, 1.807) is 0 Å². The van der Waals surface area contributed by atoms with Crippen molar-refractivity contribution in [3.8, 4) is 0 Å². The number of hydrogen-bond acceptors (Lipinski definition) is 8. The molecule has 424 valence electrons. The number of unbranched alkanes of at least 4 members (excludes halogenated alkanes) is 30.